The van der Waals surface area contributed by atoms with Gasteiger partial charge in [-0.15, -0.1) is 0 Å². The second-order valence-electron chi connectivity index (χ2n) is 20.8. The monoisotopic (exact) mass is 1380 g/mol. The highest BCUT2D eigenvalue weighted by Gasteiger charge is 2.07. The molecule has 0 saturated carbocycles. The van der Waals surface area contributed by atoms with E-state index in [0.29, 0.717) is 34.1 Å². The van der Waals surface area contributed by atoms with E-state index >= 15 is 0 Å². The molecule has 0 bridgehead atoms. The van der Waals surface area contributed by atoms with Crippen LogP contribution in [0.2, 0.25) is 0 Å². The number of halogens is 1. The van der Waals surface area contributed by atoms with Gasteiger partial charge in [0, 0.05) is 29.9 Å². The number of hydrogen-bond acceptors (Lipinski definition) is 9. The lowest BCUT2D eigenvalue weighted by atomic mass is 10.0. The number of hydrogen-bond donors (Lipinski definition) is 6. The molecule has 0 atom stereocenters. The van der Waals surface area contributed by atoms with Gasteiger partial charge in [0.15, 0.2) is 5.78 Å². The Morgan fingerprint density at radius 1 is 0.347 bits per heavy atom. The summed E-state index contributed by atoms with van der Waals surface area (Å²) < 4.78 is 4.94. The first kappa shape index (κ1) is 84.8. The molecule has 1 saturated heterocycles. The standard InChI is InChI=1S/C15H15NO2.C15H14O2.2C15H12O2.C8H6O3.C8H8O.C4H8O.3CH4.BrH/c17-15(16-18)14-8-4-7-13(11-14)10-9-12-5-2-1-3-6-12;3*16-15(17)14-8-4-7-13(11-14)10-9-12-5-2-1-3-6-12;9-5-6-2-1-3-7(4-6)8(10)11;1-7(9)8-5-3-2-4-6-8;1-2-4-5-3-1;;;;/h1-8,11,18H,9-10H2,(H,16,17);1-8,11H,9-10H2,(H,16,17);2*1-11H,(H,16,17);1-5H,(H,10,11);2-6H,1H3;1-4H2;3*1H4;1H/p-1/b;;10-9+;10-9-;;;;;;;. The van der Waals surface area contributed by atoms with Crippen molar-refractivity contribution in [3.8, 4) is 0 Å². The molecule has 0 aromatic heterocycles. The van der Waals surface area contributed by atoms with Crippen LogP contribution in [0.1, 0.15) is 159 Å². The highest BCUT2D eigenvalue weighted by Crippen LogP contribution is 2.15. The van der Waals surface area contributed by atoms with E-state index in [1.54, 1.807) is 85.2 Å². The van der Waals surface area contributed by atoms with Crippen molar-refractivity contribution in [2.45, 2.75) is 67.7 Å². The molecule has 6 N–H and O–H groups in total. The maximum atomic E-state index is 11.3. The summed E-state index contributed by atoms with van der Waals surface area (Å²) >= 11 is 0. The molecule has 14 nitrogen and oxygen atoms in total. The highest BCUT2D eigenvalue weighted by molar-refractivity contribution is 5.94. The summed E-state index contributed by atoms with van der Waals surface area (Å²) in [5.41, 5.74) is 13.0. The molecule has 1 heterocycles. The molecule has 0 spiro atoms. The van der Waals surface area contributed by atoms with Gasteiger partial charge in [0.05, 0.1) is 22.3 Å². The molecule has 1 fully saturated rings. The van der Waals surface area contributed by atoms with Crippen molar-refractivity contribution < 1.29 is 80.9 Å². The number of carbonyl (C=O) groups is 7. The van der Waals surface area contributed by atoms with Gasteiger partial charge >= 0.3 is 23.9 Å². The molecule has 0 aliphatic carbocycles. The largest absolute Gasteiger partial charge is 1.00 e. The number of carboxylic acid groups (broad SMARTS) is 4. The SMILES string of the molecule is C.C.C.C1CCOC1.CC(=O)c1ccccc1.O=C(NO)c1cccc(CCc2ccccc2)c1.O=C(O)c1cccc(/C=C/c2ccccc2)c1.O=C(O)c1cccc(/C=C\c2ccccc2)c1.O=C(O)c1cccc(CCc2ccccc2)c1.O=Cc1cccc(C(=O)O)c1.[Br-]. The van der Waals surface area contributed by atoms with Crippen LogP contribution in [-0.2, 0) is 30.4 Å². The second-order valence-corrected chi connectivity index (χ2v) is 20.8. The fraction of sp³-hybridized carbons (Fsp3) is 0.145. The van der Waals surface area contributed by atoms with Crippen LogP contribution >= 0.6 is 0 Å². The fourth-order valence-electron chi connectivity index (χ4n) is 8.65. The number of hydroxylamine groups is 1. The zero-order valence-corrected chi connectivity index (χ0v) is 54.0. The molecule has 1 aliphatic heterocycles. The van der Waals surface area contributed by atoms with Crippen molar-refractivity contribution >= 4 is 66.2 Å². The summed E-state index contributed by atoms with van der Waals surface area (Å²) in [7, 11) is 0. The number of aryl methyl sites for hydroxylation is 4. The molecule has 1 aliphatic rings. The van der Waals surface area contributed by atoms with E-state index in [9.17, 15) is 33.6 Å². The first-order valence-electron chi connectivity index (χ1n) is 30.1. The predicted octanol–water partition coefficient (Wildman–Crippen LogP) is 15.7. The average Bonchev–Trinajstić information content (AvgIpc) is 2.70. The van der Waals surface area contributed by atoms with Crippen molar-refractivity contribution in [1.82, 2.24) is 5.48 Å². The van der Waals surface area contributed by atoms with E-state index in [1.165, 1.54) is 42.2 Å². The Hall–Kier alpha value is -11.2. The van der Waals surface area contributed by atoms with Gasteiger partial charge in [0.2, 0.25) is 0 Å². The van der Waals surface area contributed by atoms with Gasteiger partial charge in [-0.1, -0.05) is 259 Å². The number of ketones is 1. The van der Waals surface area contributed by atoms with Crippen LogP contribution in [0.15, 0.2) is 273 Å². The summed E-state index contributed by atoms with van der Waals surface area (Å²) in [6.07, 6.45) is 14.5. The molecule has 15 heteroatoms. The molecule has 10 aromatic rings. The van der Waals surface area contributed by atoms with Gasteiger partial charge in [-0.25, -0.2) is 24.7 Å². The van der Waals surface area contributed by atoms with Crippen molar-refractivity contribution in [3.05, 3.63) is 356 Å². The van der Waals surface area contributed by atoms with E-state index in [0.717, 1.165) is 77.8 Å². The molecule has 0 radical (unpaired) electrons. The minimum atomic E-state index is -1.02. The third kappa shape index (κ3) is 34.3. The summed E-state index contributed by atoms with van der Waals surface area (Å²) in [6.45, 7) is 3.56. The third-order valence-electron chi connectivity index (χ3n) is 13.6. The van der Waals surface area contributed by atoms with Crippen LogP contribution in [0.5, 0.6) is 0 Å². The first-order valence-corrected chi connectivity index (χ1v) is 30.1. The van der Waals surface area contributed by atoms with Crippen LogP contribution < -0.4 is 22.5 Å². The summed E-state index contributed by atoms with van der Waals surface area (Å²) in [5.74, 6) is -4.05. The van der Waals surface area contributed by atoms with E-state index in [4.69, 9.17) is 30.4 Å². The van der Waals surface area contributed by atoms with Crippen LogP contribution in [0.4, 0.5) is 0 Å². The van der Waals surface area contributed by atoms with E-state index in [1.807, 2.05) is 182 Å². The molecule has 0 unspecified atom stereocenters. The number of aromatic carboxylic acids is 4. The van der Waals surface area contributed by atoms with E-state index in [2.05, 4.69) is 24.3 Å². The van der Waals surface area contributed by atoms with Crippen molar-refractivity contribution in [2.24, 2.45) is 0 Å². The summed E-state index contributed by atoms with van der Waals surface area (Å²) in [5, 5.41) is 43.7. The number of benzene rings is 10. The Morgan fingerprint density at radius 3 is 0.939 bits per heavy atom. The van der Waals surface area contributed by atoms with E-state index in [-0.39, 0.29) is 50.6 Å². The van der Waals surface area contributed by atoms with Gasteiger partial charge in [0.25, 0.3) is 5.91 Å². The van der Waals surface area contributed by atoms with Gasteiger partial charge in [-0.2, -0.15) is 0 Å². The Bertz CT molecular complexity index is 3900. The molecule has 10 aromatic carbocycles. The number of nitrogens with one attached hydrogen (secondary N) is 1. The maximum Gasteiger partial charge on any atom is 0.335 e. The van der Waals surface area contributed by atoms with Crippen LogP contribution in [0, 0.1) is 0 Å². The summed E-state index contributed by atoms with van der Waals surface area (Å²) in [6, 6.07) is 83.4. The average molecular weight is 1390 g/mol. The summed E-state index contributed by atoms with van der Waals surface area (Å²) in [4.78, 5) is 74.9. The molecular formula is C83H87BrNO13-. The Kier molecular flexibility index (Phi) is 42.7. The lowest BCUT2D eigenvalue weighted by Gasteiger charge is -2.04. The normalized spacial score (nSPS) is 10.3. The third-order valence-corrected chi connectivity index (χ3v) is 13.6. The van der Waals surface area contributed by atoms with Gasteiger partial charge < -0.3 is 42.1 Å². The van der Waals surface area contributed by atoms with Crippen LogP contribution in [0.25, 0.3) is 24.3 Å². The lowest BCUT2D eigenvalue weighted by Crippen LogP contribution is -3.00. The molecule has 98 heavy (non-hydrogen) atoms. The van der Waals surface area contributed by atoms with Crippen LogP contribution in [-0.4, -0.2) is 80.7 Å². The Balaban J connectivity index is 0.000000581. The first-order chi connectivity index (χ1) is 45.6. The predicted molar refractivity (Wildman–Crippen MR) is 390 cm³/mol. The van der Waals surface area contributed by atoms with Gasteiger partial charge in [-0.05, 0) is 151 Å². The fourth-order valence-corrected chi connectivity index (χ4v) is 8.65. The minimum Gasteiger partial charge on any atom is -1.00 e. The smallest absolute Gasteiger partial charge is 0.335 e. The second kappa shape index (κ2) is 49.3. The number of rotatable bonds is 17. The Morgan fingerprint density at radius 2 is 0.612 bits per heavy atom. The quantitative estimate of drug-likeness (QED) is 0.0164. The number of aldehydes is 1. The number of carboxylic acids is 4. The topological polar surface area (TPSA) is 242 Å². The zero-order chi connectivity index (χ0) is 67.6. The molecule has 11 rings (SSSR count). The molecule has 1 amide bonds. The number of amides is 1. The number of Topliss-reactive ketones (excluding diaryl/α,β-unsaturated/α-hetero) is 1. The highest BCUT2D eigenvalue weighted by atomic mass is 79.9. The molecule has 510 valence electrons. The number of carbonyl (C=O) groups excluding carboxylic acids is 3. The lowest BCUT2D eigenvalue weighted by molar-refractivity contribution is -0.0000967. The maximum absolute atomic E-state index is 11.3. The van der Waals surface area contributed by atoms with E-state index < -0.39 is 29.8 Å². The van der Waals surface area contributed by atoms with Gasteiger partial charge in [0.1, 0.15) is 6.29 Å². The minimum absolute atomic E-state index is 0. The Labute approximate surface area is 586 Å². The van der Waals surface area contributed by atoms with Crippen molar-refractivity contribution in [2.75, 3.05) is 13.2 Å². The molecular weight excluding hydrogens is 1300 g/mol. The number of ether oxygens (including phenoxy) is 1. The zero-order valence-electron chi connectivity index (χ0n) is 52.4. The van der Waals surface area contributed by atoms with Gasteiger partial charge in [-0.3, -0.25) is 19.6 Å². The van der Waals surface area contributed by atoms with Crippen molar-refractivity contribution in [1.29, 1.82) is 0 Å². The van der Waals surface area contributed by atoms with Crippen LogP contribution in [0.3, 0.4) is 0 Å². The van der Waals surface area contributed by atoms with Crippen molar-refractivity contribution in [3.63, 3.8) is 0 Å².